The molecular weight excluding hydrogens is 526 g/mol. The molecule has 0 aromatic heterocycles. The van der Waals surface area contributed by atoms with Gasteiger partial charge in [0.15, 0.2) is 0 Å². The van der Waals surface area contributed by atoms with E-state index >= 15 is 0 Å². The smallest absolute Gasteiger partial charge is 0.410 e. The van der Waals surface area contributed by atoms with Crippen molar-refractivity contribution >= 4 is 21.8 Å². The predicted octanol–water partition coefficient (Wildman–Crippen LogP) is 5.02. The molecule has 2 bridgehead atoms. The number of nitrogens with zero attached hydrogens (tertiary/aromatic N) is 3. The zero-order valence-electron chi connectivity index (χ0n) is 22.9. The molecule has 0 N–H and O–H groups in total. The standard InChI is InChI=1S/C31H35N3O5S/c1-22-27-14-15-34(31(35)39-21-23-6-4-3-5-7-23)30(22)29-20-24(8-13-28(27)29)32-16-18-33(19-17-32)40(36,37)26-11-9-25(38-2)10-12-26/h3-13,20,22,27,30H,14-19,21H2,1-2H3/t22-,27?,30?/m0/s1. The van der Waals surface area contributed by atoms with Crippen molar-refractivity contribution in [1.82, 2.24) is 9.21 Å². The Balaban J connectivity index is 1.15. The monoisotopic (exact) mass is 561 g/mol. The van der Waals surface area contributed by atoms with Gasteiger partial charge in [0.05, 0.1) is 18.0 Å². The van der Waals surface area contributed by atoms with Crippen LogP contribution in [0.25, 0.3) is 0 Å². The number of carbonyl (C=O) groups excluding carboxylic acids is 1. The Morgan fingerprint density at radius 1 is 0.900 bits per heavy atom. The lowest BCUT2D eigenvalue weighted by molar-refractivity contribution is 0.0531. The molecule has 6 rings (SSSR count). The van der Waals surface area contributed by atoms with E-state index in [0.29, 0.717) is 50.3 Å². The van der Waals surface area contributed by atoms with Crippen LogP contribution in [0.4, 0.5) is 10.5 Å². The number of methoxy groups -OCH3 is 1. The average molecular weight is 562 g/mol. The van der Waals surface area contributed by atoms with Crippen LogP contribution in [0.15, 0.2) is 77.7 Å². The predicted molar refractivity (Wildman–Crippen MR) is 153 cm³/mol. The molecule has 9 heteroatoms. The summed E-state index contributed by atoms with van der Waals surface area (Å²) < 4.78 is 38.9. The van der Waals surface area contributed by atoms with Gasteiger partial charge in [-0.05, 0) is 71.3 Å². The van der Waals surface area contributed by atoms with E-state index in [-0.39, 0.29) is 23.6 Å². The minimum absolute atomic E-state index is 0.0197. The van der Waals surface area contributed by atoms with E-state index in [2.05, 4.69) is 30.0 Å². The molecule has 40 heavy (non-hydrogen) atoms. The van der Waals surface area contributed by atoms with Gasteiger partial charge in [-0.3, -0.25) is 0 Å². The average Bonchev–Trinajstić information content (AvgIpc) is 3.15. The Kier molecular flexibility index (Phi) is 7.18. The third kappa shape index (κ3) is 4.81. The first-order chi connectivity index (χ1) is 19.4. The van der Waals surface area contributed by atoms with Gasteiger partial charge in [0.2, 0.25) is 10.0 Å². The Hall–Kier alpha value is -3.56. The molecule has 3 aromatic rings. The normalized spacial score (nSPS) is 22.6. The van der Waals surface area contributed by atoms with Crippen molar-refractivity contribution in [2.75, 3.05) is 44.7 Å². The first-order valence-electron chi connectivity index (χ1n) is 13.9. The summed E-state index contributed by atoms with van der Waals surface area (Å²) in [6.07, 6.45) is 0.654. The molecule has 3 aromatic carbocycles. The highest BCUT2D eigenvalue weighted by molar-refractivity contribution is 7.89. The lowest BCUT2D eigenvalue weighted by atomic mass is 9.86. The quantitative estimate of drug-likeness (QED) is 0.421. The fourth-order valence-electron chi connectivity index (χ4n) is 6.52. The number of hydrogen-bond donors (Lipinski definition) is 0. The summed E-state index contributed by atoms with van der Waals surface area (Å²) in [5.74, 6) is 1.37. The Morgan fingerprint density at radius 2 is 1.62 bits per heavy atom. The molecule has 3 atom stereocenters. The second-order valence-corrected chi connectivity index (χ2v) is 12.8. The van der Waals surface area contributed by atoms with Crippen molar-refractivity contribution in [2.45, 2.75) is 36.8 Å². The van der Waals surface area contributed by atoms with Gasteiger partial charge in [0, 0.05) is 38.4 Å². The summed E-state index contributed by atoms with van der Waals surface area (Å²) in [6, 6.07) is 22.8. The molecule has 2 aliphatic heterocycles. The number of sulfonamides is 1. The summed E-state index contributed by atoms with van der Waals surface area (Å²) in [6.45, 7) is 5.18. The summed E-state index contributed by atoms with van der Waals surface area (Å²) in [5.41, 5.74) is 4.55. The van der Waals surface area contributed by atoms with Crippen molar-refractivity contribution < 1.29 is 22.7 Å². The van der Waals surface area contributed by atoms with Gasteiger partial charge in [-0.15, -0.1) is 0 Å². The molecule has 1 aliphatic carbocycles. The maximum absolute atomic E-state index is 13.2. The molecule has 0 radical (unpaired) electrons. The fraction of sp³-hybridized carbons (Fsp3) is 0.387. The maximum Gasteiger partial charge on any atom is 0.410 e. The number of hydrogen-bond acceptors (Lipinski definition) is 6. The second kappa shape index (κ2) is 10.8. The molecule has 2 unspecified atom stereocenters. The number of fused-ring (bicyclic) bond motifs is 5. The van der Waals surface area contributed by atoms with Gasteiger partial charge in [0.25, 0.3) is 0 Å². The number of carbonyl (C=O) groups is 1. The molecule has 210 valence electrons. The number of benzene rings is 3. The Bertz CT molecular complexity index is 1470. The maximum atomic E-state index is 13.2. The lowest BCUT2D eigenvalue weighted by Gasteiger charge is -2.38. The van der Waals surface area contributed by atoms with Crippen LogP contribution in [0.2, 0.25) is 0 Å². The van der Waals surface area contributed by atoms with Crippen LogP contribution in [0.5, 0.6) is 5.75 Å². The summed E-state index contributed by atoms with van der Waals surface area (Å²) in [5, 5.41) is 0. The molecular formula is C31H35N3O5S. The molecule has 3 aliphatic rings. The molecule has 1 amide bonds. The van der Waals surface area contributed by atoms with Gasteiger partial charge < -0.3 is 19.3 Å². The zero-order valence-corrected chi connectivity index (χ0v) is 23.7. The van der Waals surface area contributed by atoms with Crippen LogP contribution in [-0.2, 0) is 21.4 Å². The third-order valence-electron chi connectivity index (χ3n) is 8.68. The van der Waals surface area contributed by atoms with Crippen LogP contribution in [0.1, 0.15) is 42.0 Å². The van der Waals surface area contributed by atoms with E-state index < -0.39 is 10.0 Å². The molecule has 2 heterocycles. The minimum atomic E-state index is -3.57. The number of rotatable bonds is 6. The highest BCUT2D eigenvalue weighted by Gasteiger charge is 2.47. The van der Waals surface area contributed by atoms with Crippen molar-refractivity contribution in [2.24, 2.45) is 5.92 Å². The van der Waals surface area contributed by atoms with Gasteiger partial charge in [0.1, 0.15) is 12.4 Å². The van der Waals surface area contributed by atoms with Crippen LogP contribution in [0.3, 0.4) is 0 Å². The van der Waals surface area contributed by atoms with Crippen molar-refractivity contribution in [3.05, 3.63) is 89.5 Å². The van der Waals surface area contributed by atoms with Crippen molar-refractivity contribution in [3.63, 3.8) is 0 Å². The molecule has 0 saturated carbocycles. The van der Waals surface area contributed by atoms with Crippen LogP contribution < -0.4 is 9.64 Å². The largest absolute Gasteiger partial charge is 0.497 e. The van der Waals surface area contributed by atoms with Crippen LogP contribution in [-0.4, -0.2) is 63.5 Å². The summed E-state index contributed by atoms with van der Waals surface area (Å²) in [7, 11) is -2.01. The van der Waals surface area contributed by atoms with E-state index in [1.54, 1.807) is 35.7 Å². The van der Waals surface area contributed by atoms with Crippen molar-refractivity contribution in [1.29, 1.82) is 0 Å². The van der Waals surface area contributed by atoms with Gasteiger partial charge >= 0.3 is 6.09 Å². The lowest BCUT2D eigenvalue weighted by Crippen LogP contribution is -2.48. The minimum Gasteiger partial charge on any atom is -0.497 e. The summed E-state index contributed by atoms with van der Waals surface area (Å²) in [4.78, 5) is 17.6. The third-order valence-corrected chi connectivity index (χ3v) is 10.6. The van der Waals surface area contributed by atoms with Crippen LogP contribution >= 0.6 is 0 Å². The number of piperidine rings is 1. The Morgan fingerprint density at radius 3 is 2.33 bits per heavy atom. The molecule has 0 spiro atoms. The van der Waals surface area contributed by atoms with E-state index in [0.717, 1.165) is 17.7 Å². The summed E-state index contributed by atoms with van der Waals surface area (Å²) >= 11 is 0. The number of ether oxygens (including phenoxy) is 2. The van der Waals surface area contributed by atoms with Gasteiger partial charge in [-0.2, -0.15) is 4.31 Å². The second-order valence-electron chi connectivity index (χ2n) is 10.8. The van der Waals surface area contributed by atoms with Crippen LogP contribution in [0, 0.1) is 5.92 Å². The highest BCUT2D eigenvalue weighted by Crippen LogP contribution is 2.53. The zero-order chi connectivity index (χ0) is 27.9. The number of amides is 1. The molecule has 2 fully saturated rings. The Labute approximate surface area is 236 Å². The fourth-order valence-corrected chi connectivity index (χ4v) is 7.94. The molecule has 2 saturated heterocycles. The van der Waals surface area contributed by atoms with E-state index in [4.69, 9.17) is 9.47 Å². The topological polar surface area (TPSA) is 79.4 Å². The first-order valence-corrected chi connectivity index (χ1v) is 15.3. The van der Waals surface area contributed by atoms with E-state index in [1.165, 1.54) is 11.1 Å². The number of anilines is 1. The first kappa shape index (κ1) is 26.7. The van der Waals surface area contributed by atoms with E-state index in [9.17, 15) is 13.2 Å². The highest BCUT2D eigenvalue weighted by atomic mass is 32.2. The van der Waals surface area contributed by atoms with E-state index in [1.807, 2.05) is 35.2 Å². The molecule has 8 nitrogen and oxygen atoms in total. The van der Waals surface area contributed by atoms with Gasteiger partial charge in [-0.25, -0.2) is 13.2 Å². The van der Waals surface area contributed by atoms with Crippen molar-refractivity contribution in [3.8, 4) is 5.75 Å². The van der Waals surface area contributed by atoms with Gasteiger partial charge in [-0.1, -0.05) is 43.3 Å². The number of piperazine rings is 1. The SMILES string of the molecule is COc1ccc(S(=O)(=O)N2CCN(c3ccc4c(c3)C3[C@@H](C)C4CCN3C(=O)OCc3ccccc3)CC2)cc1. The number of likely N-dealkylation sites (tertiary alicyclic amines) is 1.